The average molecular weight is 307 g/mol. The summed E-state index contributed by atoms with van der Waals surface area (Å²) in [7, 11) is 0. The Morgan fingerprint density at radius 1 is 1.18 bits per heavy atom. The highest BCUT2D eigenvalue weighted by Crippen LogP contribution is 2.19. The normalized spacial score (nSPS) is 15.7. The Bertz CT molecular complexity index is 554. The molecule has 0 bridgehead atoms. The fourth-order valence-corrected chi connectivity index (χ4v) is 2.66. The first-order valence-electron chi connectivity index (χ1n) is 7.50. The summed E-state index contributed by atoms with van der Waals surface area (Å²) < 4.78 is 13.7. The van der Waals surface area contributed by atoms with Crippen LogP contribution in [0.25, 0.3) is 0 Å². The largest absolute Gasteiger partial charge is 0.383 e. The van der Waals surface area contributed by atoms with Crippen LogP contribution in [0.15, 0.2) is 18.2 Å². The van der Waals surface area contributed by atoms with Crippen LogP contribution in [0.3, 0.4) is 0 Å². The topological polar surface area (TPSA) is 52.7 Å². The molecular formula is C16H22FN3O2. The highest BCUT2D eigenvalue weighted by molar-refractivity contribution is 5.99. The van der Waals surface area contributed by atoms with Crippen molar-refractivity contribution in [3.8, 4) is 0 Å². The van der Waals surface area contributed by atoms with Gasteiger partial charge in [0.25, 0.3) is 0 Å². The van der Waals surface area contributed by atoms with Gasteiger partial charge in [0, 0.05) is 51.9 Å². The van der Waals surface area contributed by atoms with Crippen molar-refractivity contribution in [2.75, 3.05) is 44.6 Å². The first-order chi connectivity index (χ1) is 10.5. The number of hydrogen-bond donors (Lipinski definition) is 1. The van der Waals surface area contributed by atoms with E-state index in [4.69, 9.17) is 0 Å². The van der Waals surface area contributed by atoms with Crippen LogP contribution < -0.4 is 5.32 Å². The zero-order valence-corrected chi connectivity index (χ0v) is 13.1. The molecule has 1 aliphatic heterocycles. The van der Waals surface area contributed by atoms with Crippen molar-refractivity contribution in [1.82, 2.24) is 9.80 Å². The van der Waals surface area contributed by atoms with Crippen LogP contribution in [0.4, 0.5) is 10.1 Å². The maximum atomic E-state index is 13.7. The molecule has 1 aromatic carbocycles. The van der Waals surface area contributed by atoms with Gasteiger partial charge in [-0.3, -0.25) is 14.5 Å². The number of halogens is 1. The standard InChI is InChI=1S/C16H22FN3O2/c1-12(21)16-14(17)4-3-5-15(16)18-6-7-19-8-10-20(11-9-19)13(2)22/h3-5,18H,6-11H2,1-2H3. The minimum Gasteiger partial charge on any atom is -0.383 e. The minimum absolute atomic E-state index is 0.114. The molecule has 0 aliphatic carbocycles. The molecule has 1 saturated heterocycles. The molecule has 1 fully saturated rings. The second-order valence-corrected chi connectivity index (χ2v) is 5.49. The fourth-order valence-electron chi connectivity index (χ4n) is 2.66. The number of anilines is 1. The Kier molecular flexibility index (Phi) is 5.49. The van der Waals surface area contributed by atoms with Gasteiger partial charge in [-0.25, -0.2) is 4.39 Å². The van der Waals surface area contributed by atoms with E-state index in [0.29, 0.717) is 12.2 Å². The number of amides is 1. The lowest BCUT2D eigenvalue weighted by Gasteiger charge is -2.34. The van der Waals surface area contributed by atoms with Gasteiger partial charge < -0.3 is 10.2 Å². The predicted octanol–water partition coefficient (Wildman–Crippen LogP) is 1.60. The summed E-state index contributed by atoms with van der Waals surface area (Å²) in [6, 6.07) is 4.60. The van der Waals surface area contributed by atoms with Crippen molar-refractivity contribution in [3.05, 3.63) is 29.6 Å². The third-order valence-corrected chi connectivity index (χ3v) is 3.93. The van der Waals surface area contributed by atoms with E-state index in [9.17, 15) is 14.0 Å². The summed E-state index contributed by atoms with van der Waals surface area (Å²) in [5.41, 5.74) is 0.652. The Morgan fingerprint density at radius 2 is 1.86 bits per heavy atom. The van der Waals surface area contributed by atoms with E-state index in [1.54, 1.807) is 19.1 Å². The summed E-state index contributed by atoms with van der Waals surface area (Å²) in [6.07, 6.45) is 0. The molecule has 0 atom stereocenters. The van der Waals surface area contributed by atoms with Gasteiger partial charge in [-0.15, -0.1) is 0 Å². The molecule has 1 N–H and O–H groups in total. The van der Waals surface area contributed by atoms with E-state index < -0.39 is 5.82 Å². The molecule has 0 spiro atoms. The highest BCUT2D eigenvalue weighted by Gasteiger charge is 2.18. The van der Waals surface area contributed by atoms with Crippen LogP contribution in [0, 0.1) is 5.82 Å². The van der Waals surface area contributed by atoms with E-state index in [0.717, 1.165) is 32.7 Å². The maximum absolute atomic E-state index is 13.7. The van der Waals surface area contributed by atoms with Crippen LogP contribution in [-0.4, -0.2) is 60.8 Å². The zero-order chi connectivity index (χ0) is 16.1. The number of nitrogens with zero attached hydrogens (tertiary/aromatic N) is 2. The summed E-state index contributed by atoms with van der Waals surface area (Å²) in [6.45, 7) is 7.54. The van der Waals surface area contributed by atoms with Crippen molar-refractivity contribution >= 4 is 17.4 Å². The van der Waals surface area contributed by atoms with E-state index in [2.05, 4.69) is 10.2 Å². The number of rotatable bonds is 5. The van der Waals surface area contributed by atoms with Gasteiger partial charge in [0.15, 0.2) is 5.78 Å². The molecule has 2 rings (SSSR count). The molecule has 1 aromatic rings. The van der Waals surface area contributed by atoms with Gasteiger partial charge in [-0.05, 0) is 19.1 Å². The zero-order valence-electron chi connectivity index (χ0n) is 13.1. The minimum atomic E-state index is -0.493. The molecule has 0 aromatic heterocycles. The molecule has 0 unspecified atom stereocenters. The molecule has 1 aliphatic rings. The molecular weight excluding hydrogens is 285 g/mol. The van der Waals surface area contributed by atoms with Gasteiger partial charge in [0.1, 0.15) is 5.82 Å². The monoisotopic (exact) mass is 307 g/mol. The third-order valence-electron chi connectivity index (χ3n) is 3.93. The van der Waals surface area contributed by atoms with E-state index in [1.165, 1.54) is 13.0 Å². The van der Waals surface area contributed by atoms with E-state index in [-0.39, 0.29) is 17.3 Å². The number of benzene rings is 1. The number of carbonyl (C=O) groups excluding carboxylic acids is 2. The highest BCUT2D eigenvalue weighted by atomic mass is 19.1. The van der Waals surface area contributed by atoms with Crippen LogP contribution >= 0.6 is 0 Å². The summed E-state index contributed by atoms with van der Waals surface area (Å²) in [5, 5.41) is 3.13. The Balaban J connectivity index is 1.84. The quantitative estimate of drug-likeness (QED) is 0.840. The van der Waals surface area contributed by atoms with Crippen LogP contribution in [0.2, 0.25) is 0 Å². The number of nitrogens with one attached hydrogen (secondary N) is 1. The van der Waals surface area contributed by atoms with Gasteiger partial charge in [0.2, 0.25) is 5.91 Å². The average Bonchev–Trinajstić information content (AvgIpc) is 2.47. The van der Waals surface area contributed by atoms with Gasteiger partial charge in [-0.2, -0.15) is 0 Å². The number of piperazine rings is 1. The summed E-state index contributed by atoms with van der Waals surface area (Å²) in [5.74, 6) is -0.660. The number of ketones is 1. The van der Waals surface area contributed by atoms with E-state index in [1.807, 2.05) is 4.90 Å². The van der Waals surface area contributed by atoms with Crippen molar-refractivity contribution in [3.63, 3.8) is 0 Å². The van der Waals surface area contributed by atoms with Crippen molar-refractivity contribution < 1.29 is 14.0 Å². The maximum Gasteiger partial charge on any atom is 0.219 e. The molecule has 0 radical (unpaired) electrons. The van der Waals surface area contributed by atoms with E-state index >= 15 is 0 Å². The number of Topliss-reactive ketones (excluding diaryl/α,β-unsaturated/α-hetero) is 1. The van der Waals surface area contributed by atoms with Crippen LogP contribution in [0.5, 0.6) is 0 Å². The third kappa shape index (κ3) is 4.04. The molecule has 1 heterocycles. The molecule has 1 amide bonds. The summed E-state index contributed by atoms with van der Waals surface area (Å²) >= 11 is 0. The molecule has 120 valence electrons. The second kappa shape index (κ2) is 7.35. The second-order valence-electron chi connectivity index (χ2n) is 5.49. The smallest absolute Gasteiger partial charge is 0.219 e. The fraction of sp³-hybridized carbons (Fsp3) is 0.500. The first kappa shape index (κ1) is 16.4. The van der Waals surface area contributed by atoms with Crippen LogP contribution in [-0.2, 0) is 4.79 Å². The molecule has 6 heteroatoms. The Hall–Kier alpha value is -1.95. The Morgan fingerprint density at radius 3 is 2.45 bits per heavy atom. The predicted molar refractivity (Wildman–Crippen MR) is 83.6 cm³/mol. The molecule has 0 saturated carbocycles. The lowest BCUT2D eigenvalue weighted by Crippen LogP contribution is -2.49. The van der Waals surface area contributed by atoms with Crippen molar-refractivity contribution in [2.24, 2.45) is 0 Å². The molecule has 22 heavy (non-hydrogen) atoms. The summed E-state index contributed by atoms with van der Waals surface area (Å²) in [4.78, 5) is 26.9. The van der Waals surface area contributed by atoms with Crippen molar-refractivity contribution in [1.29, 1.82) is 0 Å². The number of carbonyl (C=O) groups is 2. The lowest BCUT2D eigenvalue weighted by atomic mass is 10.1. The van der Waals surface area contributed by atoms with Gasteiger partial charge in [-0.1, -0.05) is 6.07 Å². The first-order valence-corrected chi connectivity index (χ1v) is 7.50. The van der Waals surface area contributed by atoms with Crippen molar-refractivity contribution in [2.45, 2.75) is 13.8 Å². The number of hydrogen-bond acceptors (Lipinski definition) is 4. The Labute approximate surface area is 130 Å². The van der Waals surface area contributed by atoms with Crippen LogP contribution in [0.1, 0.15) is 24.2 Å². The van der Waals surface area contributed by atoms with Gasteiger partial charge >= 0.3 is 0 Å². The molecule has 5 nitrogen and oxygen atoms in total. The van der Waals surface area contributed by atoms with Gasteiger partial charge in [0.05, 0.1) is 5.56 Å². The lowest BCUT2D eigenvalue weighted by molar-refractivity contribution is -0.130. The SMILES string of the molecule is CC(=O)c1c(F)cccc1NCCN1CCN(C(C)=O)CC1.